The third-order valence-electron chi connectivity index (χ3n) is 14.7. The largest absolute Gasteiger partial charge is 0.371 e. The van der Waals surface area contributed by atoms with E-state index in [1.54, 1.807) is 12.1 Å². The van der Waals surface area contributed by atoms with Crippen molar-refractivity contribution in [3.63, 3.8) is 0 Å². The first-order chi connectivity index (χ1) is 30.4. The maximum absolute atomic E-state index is 13.4. The van der Waals surface area contributed by atoms with Crippen molar-refractivity contribution in [3.8, 4) is 0 Å². The summed E-state index contributed by atoms with van der Waals surface area (Å²) in [6.45, 7) is 6.88. The molecule has 6 aliphatic heterocycles. The summed E-state index contributed by atoms with van der Waals surface area (Å²) < 4.78 is 0. The Morgan fingerprint density at radius 1 is 0.857 bits per heavy atom. The minimum atomic E-state index is -0.974. The molecule has 7 amide bonds. The lowest BCUT2D eigenvalue weighted by atomic mass is 9.88. The van der Waals surface area contributed by atoms with E-state index in [0.717, 1.165) is 113 Å². The molecule has 1 unspecified atom stereocenters. The summed E-state index contributed by atoms with van der Waals surface area (Å²) >= 11 is 0. The van der Waals surface area contributed by atoms with E-state index in [4.69, 9.17) is 10.7 Å². The molecule has 6 fully saturated rings. The summed E-state index contributed by atoms with van der Waals surface area (Å²) in [6, 6.07) is 12.8. The predicted octanol–water partition coefficient (Wildman–Crippen LogP) is 3.08. The zero-order valence-corrected chi connectivity index (χ0v) is 35.6. The van der Waals surface area contributed by atoms with Crippen molar-refractivity contribution in [3.05, 3.63) is 64.8 Å². The van der Waals surface area contributed by atoms with E-state index in [2.05, 4.69) is 42.8 Å². The fourth-order valence-corrected chi connectivity index (χ4v) is 10.7. The molecule has 330 valence electrons. The fraction of sp³-hybridized carbons (Fsp3) is 0.533. The van der Waals surface area contributed by atoms with E-state index in [1.165, 1.54) is 5.56 Å². The number of carbonyl (C=O) groups is 6. The van der Waals surface area contributed by atoms with Crippen molar-refractivity contribution >= 4 is 58.7 Å². The van der Waals surface area contributed by atoms with Crippen molar-refractivity contribution in [2.24, 2.45) is 11.7 Å². The number of anilines is 4. The standard InChI is InChI=1S/C45H54N12O6/c1-52-44(63)56(26-45(52)16-17-45)32-3-2-18-55(25-32)43-49-39(37(38(46)59)50-51-43)47-30-6-4-28(5-7-30)29-14-19-53(20-15-29)24-27-12-21-54(22-13-27)31-8-9-33-34(23-31)42(62)57(41(33)61)35-10-11-36(58)48-40(35)60/h4-9,23,27,29,32,35H,2-3,10-22,24-26H2,1H3,(H2,46,59)(H,47,49,51)(H,48,58,60)/t32-,35?/m1/s1. The Morgan fingerprint density at radius 2 is 1.60 bits per heavy atom. The molecular formula is C45H54N12O6. The average Bonchev–Trinajstić information content (AvgIpc) is 3.99. The molecule has 18 heteroatoms. The molecule has 1 aliphatic carbocycles. The smallest absolute Gasteiger partial charge is 0.320 e. The van der Waals surface area contributed by atoms with Gasteiger partial charge >= 0.3 is 6.03 Å². The lowest BCUT2D eigenvalue weighted by Crippen LogP contribution is -2.54. The average molecular weight is 859 g/mol. The van der Waals surface area contributed by atoms with Gasteiger partial charge in [-0.15, -0.1) is 10.2 Å². The molecule has 3 aromatic rings. The van der Waals surface area contributed by atoms with Gasteiger partial charge in [-0.2, -0.15) is 4.98 Å². The lowest BCUT2D eigenvalue weighted by Gasteiger charge is -2.38. The van der Waals surface area contributed by atoms with Gasteiger partial charge in [0.05, 0.1) is 22.7 Å². The van der Waals surface area contributed by atoms with Gasteiger partial charge in [0.15, 0.2) is 11.5 Å². The van der Waals surface area contributed by atoms with Crippen LogP contribution in [-0.2, 0) is 9.59 Å². The van der Waals surface area contributed by atoms with Crippen LogP contribution in [-0.4, -0.2) is 147 Å². The van der Waals surface area contributed by atoms with Crippen LogP contribution in [0.2, 0.25) is 0 Å². The van der Waals surface area contributed by atoms with Gasteiger partial charge in [-0.1, -0.05) is 12.1 Å². The maximum atomic E-state index is 13.4. The van der Waals surface area contributed by atoms with Crippen LogP contribution >= 0.6 is 0 Å². The summed E-state index contributed by atoms with van der Waals surface area (Å²) in [6.07, 6.45) is 8.32. The fourth-order valence-electron chi connectivity index (χ4n) is 10.7. The Balaban J connectivity index is 0.704. The van der Waals surface area contributed by atoms with Crippen LogP contribution in [0.4, 0.5) is 27.9 Å². The molecular weight excluding hydrogens is 805 g/mol. The molecule has 2 aromatic carbocycles. The third kappa shape index (κ3) is 7.71. The van der Waals surface area contributed by atoms with Gasteiger partial charge in [0, 0.05) is 64.1 Å². The highest BCUT2D eigenvalue weighted by Crippen LogP contribution is 2.47. The second-order valence-electron chi connectivity index (χ2n) is 18.5. The number of imide groups is 2. The number of likely N-dealkylation sites (tertiary alicyclic amines) is 1. The van der Waals surface area contributed by atoms with Gasteiger partial charge < -0.3 is 35.6 Å². The van der Waals surface area contributed by atoms with Crippen molar-refractivity contribution < 1.29 is 28.8 Å². The number of nitrogens with one attached hydrogen (secondary N) is 2. The Hall–Kier alpha value is -6.17. The first-order valence-electron chi connectivity index (χ1n) is 22.5. The molecule has 2 atom stereocenters. The number of benzene rings is 2. The summed E-state index contributed by atoms with van der Waals surface area (Å²) in [7, 11) is 1.91. The molecule has 10 rings (SSSR count). The van der Waals surface area contributed by atoms with Gasteiger partial charge in [0.2, 0.25) is 17.8 Å². The number of rotatable bonds is 10. The minimum absolute atomic E-state index is 0.00406. The molecule has 0 bridgehead atoms. The van der Waals surface area contributed by atoms with Crippen LogP contribution < -0.4 is 26.2 Å². The Kier molecular flexibility index (Phi) is 10.5. The van der Waals surface area contributed by atoms with E-state index >= 15 is 0 Å². The lowest BCUT2D eigenvalue weighted by molar-refractivity contribution is -0.136. The molecule has 7 heterocycles. The van der Waals surface area contributed by atoms with Crippen LogP contribution in [0.3, 0.4) is 0 Å². The van der Waals surface area contributed by atoms with Crippen LogP contribution in [0.1, 0.15) is 107 Å². The normalized spacial score (nSPS) is 24.4. The number of piperidine rings is 4. The highest BCUT2D eigenvalue weighted by Gasteiger charge is 2.57. The van der Waals surface area contributed by atoms with Crippen molar-refractivity contribution in [2.45, 2.75) is 87.7 Å². The van der Waals surface area contributed by atoms with E-state index in [0.29, 0.717) is 35.5 Å². The second kappa shape index (κ2) is 16.2. The van der Waals surface area contributed by atoms with E-state index in [1.807, 2.05) is 39.9 Å². The first-order valence-corrected chi connectivity index (χ1v) is 22.5. The van der Waals surface area contributed by atoms with Crippen molar-refractivity contribution in [1.29, 1.82) is 0 Å². The van der Waals surface area contributed by atoms with E-state index in [9.17, 15) is 28.8 Å². The van der Waals surface area contributed by atoms with Gasteiger partial charge in [0.1, 0.15) is 6.04 Å². The molecule has 4 N–H and O–H groups in total. The van der Waals surface area contributed by atoms with Gasteiger partial charge in [-0.25, -0.2) is 4.79 Å². The van der Waals surface area contributed by atoms with Gasteiger partial charge in [0.25, 0.3) is 17.7 Å². The molecule has 5 saturated heterocycles. The van der Waals surface area contributed by atoms with Crippen LogP contribution in [0, 0.1) is 5.92 Å². The van der Waals surface area contributed by atoms with Gasteiger partial charge in [-0.05, 0) is 119 Å². The second-order valence-corrected chi connectivity index (χ2v) is 18.5. The van der Waals surface area contributed by atoms with Crippen LogP contribution in [0.15, 0.2) is 42.5 Å². The quantitative estimate of drug-likeness (QED) is 0.251. The number of carbonyl (C=O) groups excluding carboxylic acids is 6. The minimum Gasteiger partial charge on any atom is -0.371 e. The monoisotopic (exact) mass is 858 g/mol. The third-order valence-corrected chi connectivity index (χ3v) is 14.7. The number of hydrogen-bond donors (Lipinski definition) is 3. The molecule has 18 nitrogen and oxygen atoms in total. The number of nitrogens with two attached hydrogens (primary N) is 1. The SMILES string of the molecule is CN1C(=O)N([C@@H]2CCCN(c3nnc(C(N)=O)c(Nc4ccc(C5CCN(CC6CCN(c7ccc8c(c7)C(=O)N(C7CCC(=O)NC7=O)C8=O)CC6)CC5)cc4)n3)C2)CC12CC2. The van der Waals surface area contributed by atoms with E-state index < -0.39 is 35.6 Å². The summed E-state index contributed by atoms with van der Waals surface area (Å²) in [5.74, 6) is -1.02. The highest BCUT2D eigenvalue weighted by atomic mass is 16.2. The predicted molar refractivity (Wildman–Crippen MR) is 232 cm³/mol. The molecule has 1 spiro atoms. The van der Waals surface area contributed by atoms with E-state index in [-0.39, 0.29) is 42.0 Å². The number of primary amides is 1. The van der Waals surface area contributed by atoms with Crippen molar-refractivity contribution in [1.82, 2.24) is 40.1 Å². The number of nitrogens with zero attached hydrogens (tertiary/aromatic N) is 9. The number of hydrogen-bond acceptors (Lipinski definition) is 13. The molecule has 63 heavy (non-hydrogen) atoms. The number of likely N-dealkylation sites (N-methyl/N-ethyl adjacent to an activating group) is 1. The Labute approximate surface area is 365 Å². The molecule has 1 saturated carbocycles. The first kappa shape index (κ1) is 40.9. The summed E-state index contributed by atoms with van der Waals surface area (Å²) in [5, 5.41) is 14.0. The number of amides is 7. The molecule has 1 aromatic heterocycles. The Bertz CT molecular complexity index is 2360. The number of urea groups is 1. The van der Waals surface area contributed by atoms with Crippen molar-refractivity contribution in [2.75, 3.05) is 74.5 Å². The molecule has 7 aliphatic rings. The number of aromatic nitrogens is 3. The Morgan fingerprint density at radius 3 is 2.30 bits per heavy atom. The maximum Gasteiger partial charge on any atom is 0.320 e. The number of fused-ring (bicyclic) bond motifs is 1. The van der Waals surface area contributed by atoms with Gasteiger partial charge in [-0.3, -0.25) is 34.2 Å². The summed E-state index contributed by atoms with van der Waals surface area (Å²) in [5.41, 5.74) is 9.23. The molecule has 0 radical (unpaired) electrons. The summed E-state index contributed by atoms with van der Waals surface area (Å²) in [4.78, 5) is 92.8. The zero-order chi connectivity index (χ0) is 43.6. The van der Waals surface area contributed by atoms with Crippen LogP contribution in [0.25, 0.3) is 0 Å². The van der Waals surface area contributed by atoms with Crippen LogP contribution in [0.5, 0.6) is 0 Å². The highest BCUT2D eigenvalue weighted by molar-refractivity contribution is 6.23. The topological polar surface area (TPSA) is 211 Å². The zero-order valence-electron chi connectivity index (χ0n) is 35.6.